The second kappa shape index (κ2) is 7.31. The minimum absolute atomic E-state index is 0.108. The van der Waals surface area contributed by atoms with Crippen molar-refractivity contribution in [2.75, 3.05) is 20.8 Å². The van der Waals surface area contributed by atoms with Gasteiger partial charge in [-0.2, -0.15) is 0 Å². The summed E-state index contributed by atoms with van der Waals surface area (Å²) in [5.41, 5.74) is 1.67. The first-order valence-corrected chi connectivity index (χ1v) is 8.49. The summed E-state index contributed by atoms with van der Waals surface area (Å²) < 4.78 is 9.91. The molecule has 0 spiro atoms. The zero-order valence-electron chi connectivity index (χ0n) is 14.2. The summed E-state index contributed by atoms with van der Waals surface area (Å²) in [5, 5.41) is 0.654. The predicted molar refractivity (Wildman–Crippen MR) is 93.7 cm³/mol. The van der Waals surface area contributed by atoms with E-state index in [1.54, 1.807) is 0 Å². The van der Waals surface area contributed by atoms with Gasteiger partial charge < -0.3 is 14.4 Å². The monoisotopic (exact) mass is 361 g/mol. The minimum atomic E-state index is -0.520. The van der Waals surface area contributed by atoms with Crippen LogP contribution in [0.5, 0.6) is 0 Å². The van der Waals surface area contributed by atoms with Gasteiger partial charge in [-0.3, -0.25) is 0 Å². The summed E-state index contributed by atoms with van der Waals surface area (Å²) in [4.78, 5) is 26.8. The van der Waals surface area contributed by atoms with Gasteiger partial charge in [-0.05, 0) is 30.0 Å². The van der Waals surface area contributed by atoms with Crippen LogP contribution in [0.25, 0.3) is 0 Å². The average molecular weight is 362 g/mol. The molecule has 3 rings (SSSR count). The largest absolute Gasteiger partial charge is 0.466 e. The summed E-state index contributed by atoms with van der Waals surface area (Å²) in [6, 6.07) is 7.44. The maximum absolute atomic E-state index is 12.5. The highest BCUT2D eigenvalue weighted by Crippen LogP contribution is 2.40. The zero-order valence-corrected chi connectivity index (χ0v) is 15.0. The number of esters is 2. The first-order chi connectivity index (χ1) is 12.0. The van der Waals surface area contributed by atoms with Gasteiger partial charge in [0.25, 0.3) is 0 Å². The van der Waals surface area contributed by atoms with Gasteiger partial charge in [0.2, 0.25) is 0 Å². The number of fused-ring (bicyclic) bond motifs is 1. The topological polar surface area (TPSA) is 55.8 Å². The van der Waals surface area contributed by atoms with Crippen LogP contribution in [0, 0.1) is 11.8 Å². The molecule has 6 heteroatoms. The smallest absolute Gasteiger partial charge is 0.354 e. The molecule has 5 nitrogen and oxygen atoms in total. The lowest BCUT2D eigenvalue weighted by molar-refractivity contribution is -0.142. The normalized spacial score (nSPS) is 22.0. The molecule has 0 saturated carbocycles. The first-order valence-electron chi connectivity index (χ1n) is 8.12. The SMILES string of the molecule is COC(=O)C1=C(C(=O)OC)N(Cc2ccc(Cl)cc2)C[C@@H]2CC=C[C@H]12. The quantitative estimate of drug-likeness (QED) is 0.609. The molecule has 25 heavy (non-hydrogen) atoms. The Hall–Kier alpha value is -2.27. The Bertz CT molecular complexity index is 738. The number of hydrogen-bond acceptors (Lipinski definition) is 5. The molecular weight excluding hydrogens is 342 g/mol. The lowest BCUT2D eigenvalue weighted by atomic mass is 9.83. The first kappa shape index (κ1) is 17.5. The van der Waals surface area contributed by atoms with Gasteiger partial charge in [-0.15, -0.1) is 0 Å². The molecule has 2 atom stereocenters. The predicted octanol–water partition coefficient (Wildman–Crippen LogP) is 2.95. The van der Waals surface area contributed by atoms with E-state index in [-0.39, 0.29) is 17.5 Å². The van der Waals surface area contributed by atoms with Crippen molar-refractivity contribution in [2.45, 2.75) is 13.0 Å². The molecule has 0 amide bonds. The van der Waals surface area contributed by atoms with Crippen LogP contribution in [0.15, 0.2) is 47.7 Å². The number of carbonyl (C=O) groups is 2. The average Bonchev–Trinajstić information content (AvgIpc) is 3.09. The van der Waals surface area contributed by atoms with E-state index in [1.807, 2.05) is 35.2 Å². The molecule has 2 aliphatic rings. The van der Waals surface area contributed by atoms with Gasteiger partial charge in [-0.25, -0.2) is 9.59 Å². The molecule has 1 aliphatic carbocycles. The van der Waals surface area contributed by atoms with Crippen LogP contribution in [-0.4, -0.2) is 37.6 Å². The van der Waals surface area contributed by atoms with Crippen molar-refractivity contribution in [1.82, 2.24) is 4.90 Å². The highest BCUT2D eigenvalue weighted by atomic mass is 35.5. The van der Waals surface area contributed by atoms with Crippen LogP contribution >= 0.6 is 11.6 Å². The van der Waals surface area contributed by atoms with E-state index in [0.29, 0.717) is 23.7 Å². The van der Waals surface area contributed by atoms with E-state index in [4.69, 9.17) is 21.1 Å². The number of hydrogen-bond donors (Lipinski definition) is 0. The van der Waals surface area contributed by atoms with Gasteiger partial charge in [0.1, 0.15) is 5.70 Å². The Morgan fingerprint density at radius 1 is 1.16 bits per heavy atom. The van der Waals surface area contributed by atoms with E-state index in [0.717, 1.165) is 12.0 Å². The van der Waals surface area contributed by atoms with Gasteiger partial charge >= 0.3 is 11.9 Å². The summed E-state index contributed by atoms with van der Waals surface area (Å²) in [6.45, 7) is 1.16. The number of nitrogens with zero attached hydrogens (tertiary/aromatic N) is 1. The van der Waals surface area contributed by atoms with Crippen LogP contribution in [0.3, 0.4) is 0 Å². The third kappa shape index (κ3) is 3.42. The van der Waals surface area contributed by atoms with Crippen molar-refractivity contribution in [2.24, 2.45) is 11.8 Å². The second-order valence-electron chi connectivity index (χ2n) is 6.20. The molecule has 1 aliphatic heterocycles. The summed E-state index contributed by atoms with van der Waals surface area (Å²) in [6.07, 6.45) is 4.91. The molecule has 1 aromatic carbocycles. The summed E-state index contributed by atoms with van der Waals surface area (Å²) >= 11 is 5.95. The molecule has 1 aromatic rings. The van der Waals surface area contributed by atoms with E-state index >= 15 is 0 Å². The van der Waals surface area contributed by atoms with E-state index in [2.05, 4.69) is 6.08 Å². The van der Waals surface area contributed by atoms with Crippen molar-refractivity contribution < 1.29 is 19.1 Å². The van der Waals surface area contributed by atoms with Gasteiger partial charge in [-0.1, -0.05) is 35.9 Å². The Morgan fingerprint density at radius 3 is 2.48 bits per heavy atom. The van der Waals surface area contributed by atoms with Gasteiger partial charge in [0.15, 0.2) is 0 Å². The lowest BCUT2D eigenvalue weighted by Crippen LogP contribution is -2.42. The van der Waals surface area contributed by atoms with Crippen LogP contribution in [-0.2, 0) is 25.6 Å². The summed E-state index contributed by atoms with van der Waals surface area (Å²) in [5.74, 6) is -0.867. The van der Waals surface area contributed by atoms with E-state index in [1.165, 1.54) is 14.2 Å². The standard InChI is InChI=1S/C19H20ClNO4/c1-24-18(22)16-15-5-3-4-13(15)11-21(17(16)19(23)25-2)10-12-6-8-14(20)9-7-12/h3,5-9,13,15H,4,10-11H2,1-2H3/t13-,15-/m0/s1. The molecule has 0 bridgehead atoms. The number of rotatable bonds is 4. The molecule has 0 saturated heterocycles. The van der Waals surface area contributed by atoms with Crippen LogP contribution in [0.4, 0.5) is 0 Å². The summed E-state index contributed by atoms with van der Waals surface area (Å²) in [7, 11) is 2.65. The van der Waals surface area contributed by atoms with Gasteiger partial charge in [0, 0.05) is 24.0 Å². The Balaban J connectivity index is 2.03. The minimum Gasteiger partial charge on any atom is -0.466 e. The Kier molecular flexibility index (Phi) is 5.13. The second-order valence-corrected chi connectivity index (χ2v) is 6.64. The maximum Gasteiger partial charge on any atom is 0.354 e. The van der Waals surface area contributed by atoms with Crippen LogP contribution in [0.1, 0.15) is 12.0 Å². The Labute approximate surface area is 151 Å². The third-order valence-electron chi connectivity index (χ3n) is 4.72. The van der Waals surface area contributed by atoms with Gasteiger partial charge in [0.05, 0.1) is 19.8 Å². The highest BCUT2D eigenvalue weighted by molar-refractivity contribution is 6.30. The number of methoxy groups -OCH3 is 2. The molecule has 0 N–H and O–H groups in total. The third-order valence-corrected chi connectivity index (χ3v) is 4.97. The molecule has 132 valence electrons. The number of ether oxygens (including phenoxy) is 2. The van der Waals surface area contributed by atoms with Crippen molar-refractivity contribution in [1.29, 1.82) is 0 Å². The zero-order chi connectivity index (χ0) is 18.0. The van der Waals surface area contributed by atoms with Crippen LogP contribution < -0.4 is 0 Å². The maximum atomic E-state index is 12.5. The molecule has 1 heterocycles. The molecule has 0 aromatic heterocycles. The fraction of sp³-hybridized carbons (Fsp3) is 0.368. The van der Waals surface area contributed by atoms with Crippen molar-refractivity contribution in [3.05, 3.63) is 58.3 Å². The molecule has 0 fully saturated rings. The number of benzene rings is 1. The van der Waals surface area contributed by atoms with Crippen molar-refractivity contribution in [3.8, 4) is 0 Å². The van der Waals surface area contributed by atoms with Crippen LogP contribution in [0.2, 0.25) is 5.02 Å². The fourth-order valence-electron chi connectivity index (χ4n) is 3.56. The van der Waals surface area contributed by atoms with E-state index < -0.39 is 11.9 Å². The highest BCUT2D eigenvalue weighted by Gasteiger charge is 2.42. The molecular formula is C19H20ClNO4. The van der Waals surface area contributed by atoms with Crippen molar-refractivity contribution in [3.63, 3.8) is 0 Å². The Morgan fingerprint density at radius 2 is 1.84 bits per heavy atom. The molecule has 0 radical (unpaired) electrons. The molecule has 0 unspecified atom stereocenters. The number of carbonyl (C=O) groups excluding carboxylic acids is 2. The van der Waals surface area contributed by atoms with Crippen molar-refractivity contribution >= 4 is 23.5 Å². The lowest BCUT2D eigenvalue weighted by Gasteiger charge is -2.38. The number of allylic oxidation sites excluding steroid dienone is 2. The fourth-order valence-corrected chi connectivity index (χ4v) is 3.68. The number of halogens is 1. The van der Waals surface area contributed by atoms with E-state index in [9.17, 15) is 9.59 Å².